The Balaban J connectivity index is 2.49. The van der Waals surface area contributed by atoms with Crippen molar-refractivity contribution in [2.75, 3.05) is 18.5 Å². The molecule has 2 rings (SSSR count). The third kappa shape index (κ3) is 2.72. The molecular weight excluding hydrogens is 246 g/mol. The molecule has 0 bridgehead atoms. The van der Waals surface area contributed by atoms with Gasteiger partial charge in [-0.25, -0.2) is 0 Å². The summed E-state index contributed by atoms with van der Waals surface area (Å²) in [5.41, 5.74) is 0.206. The lowest BCUT2D eigenvalue weighted by Gasteiger charge is -2.27. The Bertz CT molecular complexity index is 560. The van der Waals surface area contributed by atoms with Gasteiger partial charge in [-0.05, 0) is 5.41 Å². The van der Waals surface area contributed by atoms with Gasteiger partial charge in [0.05, 0.1) is 0 Å². The molecule has 0 aliphatic rings. The highest BCUT2D eigenvalue weighted by atomic mass is 35.5. The molecule has 0 aliphatic carbocycles. The van der Waals surface area contributed by atoms with Crippen molar-refractivity contribution in [3.05, 3.63) is 29.4 Å². The van der Waals surface area contributed by atoms with E-state index >= 15 is 0 Å². The maximum absolute atomic E-state index is 6.07. The van der Waals surface area contributed by atoms with E-state index in [1.807, 2.05) is 31.3 Å². The van der Waals surface area contributed by atoms with Crippen molar-refractivity contribution < 1.29 is 0 Å². The van der Waals surface area contributed by atoms with Crippen LogP contribution in [0.4, 0.5) is 5.82 Å². The maximum atomic E-state index is 6.07. The molecule has 0 atom stereocenters. The van der Waals surface area contributed by atoms with Gasteiger partial charge in [0.1, 0.15) is 0 Å². The zero-order chi connectivity index (χ0) is 13.3. The molecule has 0 amide bonds. The van der Waals surface area contributed by atoms with E-state index in [0.717, 1.165) is 23.1 Å². The number of hydrogen-bond donors (Lipinski definition) is 0. The van der Waals surface area contributed by atoms with Crippen LogP contribution in [0, 0.1) is 5.41 Å². The molecule has 0 radical (unpaired) electrons. The first kappa shape index (κ1) is 13.1. The Kier molecular flexibility index (Phi) is 3.44. The van der Waals surface area contributed by atoms with E-state index in [9.17, 15) is 0 Å². The van der Waals surface area contributed by atoms with Gasteiger partial charge in [-0.1, -0.05) is 56.6 Å². The fourth-order valence-corrected chi connectivity index (χ4v) is 2.33. The Morgan fingerprint density at radius 3 is 2.33 bits per heavy atom. The first-order valence-electron chi connectivity index (χ1n) is 6.00. The van der Waals surface area contributed by atoms with Gasteiger partial charge in [-0.3, -0.25) is 0 Å². The molecule has 1 heterocycles. The van der Waals surface area contributed by atoms with Crippen LogP contribution in [0.3, 0.4) is 0 Å². The minimum Gasteiger partial charge on any atom is -0.357 e. The van der Waals surface area contributed by atoms with Gasteiger partial charge in [0, 0.05) is 24.4 Å². The second kappa shape index (κ2) is 4.73. The number of hydrogen-bond acceptors (Lipinski definition) is 3. The quantitative estimate of drug-likeness (QED) is 0.826. The molecule has 0 N–H and O–H groups in total. The van der Waals surface area contributed by atoms with Crippen molar-refractivity contribution in [3.8, 4) is 0 Å². The summed E-state index contributed by atoms with van der Waals surface area (Å²) in [6.45, 7) is 7.52. The largest absolute Gasteiger partial charge is 0.357 e. The minimum absolute atomic E-state index is 0.206. The average Bonchev–Trinajstić information content (AvgIpc) is 2.27. The van der Waals surface area contributed by atoms with Gasteiger partial charge in [0.15, 0.2) is 11.0 Å². The van der Waals surface area contributed by atoms with E-state index in [4.69, 9.17) is 11.6 Å². The highest BCUT2D eigenvalue weighted by molar-refractivity contribution is 6.34. The molecule has 18 heavy (non-hydrogen) atoms. The molecule has 3 nitrogen and oxygen atoms in total. The third-order valence-corrected chi connectivity index (χ3v) is 2.98. The van der Waals surface area contributed by atoms with Gasteiger partial charge in [0.2, 0.25) is 0 Å². The number of rotatable bonds is 2. The SMILES string of the molecule is CN(CC(C)(C)C)c1nnc(Cl)c2ccccc12. The van der Waals surface area contributed by atoms with Crippen molar-refractivity contribution in [3.63, 3.8) is 0 Å². The lowest BCUT2D eigenvalue weighted by Crippen LogP contribution is -2.30. The Labute approximate surface area is 113 Å². The van der Waals surface area contributed by atoms with Crippen LogP contribution >= 0.6 is 11.6 Å². The maximum Gasteiger partial charge on any atom is 0.159 e. The summed E-state index contributed by atoms with van der Waals surface area (Å²) in [5, 5.41) is 10.7. The highest BCUT2D eigenvalue weighted by Crippen LogP contribution is 2.29. The molecule has 96 valence electrons. The second-order valence-corrected chi connectivity index (χ2v) is 6.13. The fraction of sp³-hybridized carbons (Fsp3) is 0.429. The van der Waals surface area contributed by atoms with Crippen LogP contribution in [0.25, 0.3) is 10.8 Å². The average molecular weight is 264 g/mol. The van der Waals surface area contributed by atoms with E-state index < -0.39 is 0 Å². The molecule has 1 aromatic heterocycles. The first-order chi connectivity index (χ1) is 8.38. The molecule has 2 aromatic rings. The van der Waals surface area contributed by atoms with Crippen LogP contribution in [0.5, 0.6) is 0 Å². The summed E-state index contributed by atoms with van der Waals surface area (Å²) < 4.78 is 0. The predicted octanol–water partition coefficient (Wildman–Crippen LogP) is 3.77. The van der Waals surface area contributed by atoms with E-state index in [-0.39, 0.29) is 5.41 Å². The molecule has 0 unspecified atom stereocenters. The van der Waals surface area contributed by atoms with Crippen molar-refractivity contribution >= 4 is 28.2 Å². The summed E-state index contributed by atoms with van der Waals surface area (Å²) >= 11 is 6.07. The molecular formula is C14H18ClN3. The number of benzene rings is 1. The second-order valence-electron chi connectivity index (χ2n) is 5.78. The summed E-state index contributed by atoms with van der Waals surface area (Å²) in [6, 6.07) is 7.96. The number of aromatic nitrogens is 2. The Morgan fingerprint density at radius 2 is 1.72 bits per heavy atom. The molecule has 0 saturated heterocycles. The molecule has 1 aromatic carbocycles. The van der Waals surface area contributed by atoms with Crippen molar-refractivity contribution in [2.24, 2.45) is 5.41 Å². The van der Waals surface area contributed by atoms with Crippen molar-refractivity contribution in [2.45, 2.75) is 20.8 Å². The van der Waals surface area contributed by atoms with Crippen LogP contribution in [-0.4, -0.2) is 23.8 Å². The molecule has 0 aliphatic heterocycles. The van der Waals surface area contributed by atoms with Crippen LogP contribution in [-0.2, 0) is 0 Å². The van der Waals surface area contributed by atoms with E-state index in [0.29, 0.717) is 5.15 Å². The van der Waals surface area contributed by atoms with Gasteiger partial charge in [0.25, 0.3) is 0 Å². The number of halogens is 1. The molecule has 0 fully saturated rings. The van der Waals surface area contributed by atoms with Gasteiger partial charge < -0.3 is 4.90 Å². The van der Waals surface area contributed by atoms with Crippen LogP contribution in [0.15, 0.2) is 24.3 Å². The lowest BCUT2D eigenvalue weighted by molar-refractivity contribution is 0.418. The standard InChI is InChI=1S/C14H18ClN3/c1-14(2,3)9-18(4)13-11-8-6-5-7-10(11)12(15)16-17-13/h5-8H,9H2,1-4H3. The number of nitrogens with zero attached hydrogens (tertiary/aromatic N) is 3. The van der Waals surface area contributed by atoms with Crippen molar-refractivity contribution in [1.29, 1.82) is 0 Å². The highest BCUT2D eigenvalue weighted by Gasteiger charge is 2.17. The van der Waals surface area contributed by atoms with Crippen LogP contribution in [0.1, 0.15) is 20.8 Å². The van der Waals surface area contributed by atoms with E-state index in [1.54, 1.807) is 0 Å². The van der Waals surface area contributed by atoms with Gasteiger partial charge in [-0.2, -0.15) is 0 Å². The summed E-state index contributed by atoms with van der Waals surface area (Å²) in [5.74, 6) is 0.880. The number of anilines is 1. The summed E-state index contributed by atoms with van der Waals surface area (Å²) in [6.07, 6.45) is 0. The van der Waals surface area contributed by atoms with Crippen LogP contribution in [0.2, 0.25) is 5.15 Å². The normalized spacial score (nSPS) is 11.8. The zero-order valence-corrected chi connectivity index (χ0v) is 12.0. The molecule has 0 spiro atoms. The molecule has 0 saturated carbocycles. The summed E-state index contributed by atoms with van der Waals surface area (Å²) in [7, 11) is 2.04. The monoisotopic (exact) mass is 263 g/mol. The Morgan fingerprint density at radius 1 is 1.11 bits per heavy atom. The topological polar surface area (TPSA) is 29.0 Å². The smallest absolute Gasteiger partial charge is 0.159 e. The predicted molar refractivity (Wildman–Crippen MR) is 77.3 cm³/mol. The van der Waals surface area contributed by atoms with Crippen LogP contribution < -0.4 is 4.90 Å². The fourth-order valence-electron chi connectivity index (χ4n) is 2.13. The van der Waals surface area contributed by atoms with Gasteiger partial charge in [-0.15, -0.1) is 10.2 Å². The number of fused-ring (bicyclic) bond motifs is 1. The van der Waals surface area contributed by atoms with Gasteiger partial charge >= 0.3 is 0 Å². The third-order valence-electron chi connectivity index (χ3n) is 2.70. The minimum atomic E-state index is 0.206. The Hall–Kier alpha value is -1.35. The first-order valence-corrected chi connectivity index (χ1v) is 6.38. The van der Waals surface area contributed by atoms with E-state index in [2.05, 4.69) is 35.9 Å². The summed E-state index contributed by atoms with van der Waals surface area (Å²) in [4.78, 5) is 2.13. The van der Waals surface area contributed by atoms with E-state index in [1.165, 1.54) is 0 Å². The zero-order valence-electron chi connectivity index (χ0n) is 11.2. The lowest BCUT2D eigenvalue weighted by atomic mass is 9.96. The van der Waals surface area contributed by atoms with Crippen molar-refractivity contribution in [1.82, 2.24) is 10.2 Å². The molecule has 4 heteroatoms.